The van der Waals surface area contributed by atoms with Gasteiger partial charge in [0, 0.05) is 18.2 Å². The van der Waals surface area contributed by atoms with Crippen molar-refractivity contribution in [3.63, 3.8) is 0 Å². The molecule has 3 nitrogen and oxygen atoms in total. The highest BCUT2D eigenvalue weighted by molar-refractivity contribution is 6.72. The predicted molar refractivity (Wildman–Crippen MR) is 118 cm³/mol. The first kappa shape index (κ1) is 19.5. The monoisotopic (exact) mass is 362 g/mol. The molecule has 0 radical (unpaired) electrons. The zero-order valence-electron chi connectivity index (χ0n) is 17.4. The summed E-state index contributed by atoms with van der Waals surface area (Å²) in [6.07, 6.45) is 1.93. The van der Waals surface area contributed by atoms with E-state index < -0.39 is 0 Å². The molecule has 0 atom stereocenters. The number of nitrogens with one attached hydrogen (secondary N) is 1. The molecular formula is C23H31BN2O. The van der Waals surface area contributed by atoms with E-state index in [-0.39, 0.29) is 16.6 Å². The molecule has 0 unspecified atom stereocenters. The van der Waals surface area contributed by atoms with Crippen LogP contribution in [0.4, 0.5) is 11.4 Å². The van der Waals surface area contributed by atoms with Crippen molar-refractivity contribution in [2.45, 2.75) is 54.2 Å². The van der Waals surface area contributed by atoms with Crippen LogP contribution in [-0.4, -0.2) is 17.7 Å². The van der Waals surface area contributed by atoms with E-state index in [4.69, 9.17) is 0 Å². The van der Waals surface area contributed by atoms with Gasteiger partial charge < -0.3 is 10.4 Å². The maximum absolute atomic E-state index is 9.60. The van der Waals surface area contributed by atoms with Gasteiger partial charge in [0.15, 0.2) is 6.71 Å². The molecule has 0 bridgehead atoms. The summed E-state index contributed by atoms with van der Waals surface area (Å²) >= 11 is 0. The molecule has 1 aliphatic heterocycles. The number of hydrogen-bond donors (Lipinski definition) is 2. The smallest absolute Gasteiger partial charge is 0.173 e. The number of aromatic hydroxyl groups is 1. The van der Waals surface area contributed by atoms with Gasteiger partial charge in [-0.05, 0) is 34.6 Å². The molecule has 3 rings (SSSR count). The van der Waals surface area contributed by atoms with Crippen LogP contribution in [-0.2, 0) is 6.42 Å². The molecule has 2 N–H and O–H groups in total. The molecule has 1 heterocycles. The average molecular weight is 362 g/mol. The van der Waals surface area contributed by atoms with E-state index in [9.17, 15) is 5.11 Å². The fourth-order valence-corrected chi connectivity index (χ4v) is 3.49. The Kier molecular flexibility index (Phi) is 5.11. The number of phenolic OH excluding ortho intramolecular Hbond substituents is 1. The normalized spacial score (nSPS) is 13.9. The maximum atomic E-state index is 9.60. The summed E-state index contributed by atoms with van der Waals surface area (Å²) in [4.78, 5) is 4.59. The van der Waals surface area contributed by atoms with E-state index in [1.165, 1.54) is 5.46 Å². The zero-order valence-corrected chi connectivity index (χ0v) is 17.4. The van der Waals surface area contributed by atoms with E-state index in [2.05, 4.69) is 76.0 Å². The Labute approximate surface area is 164 Å². The third-order valence-corrected chi connectivity index (χ3v) is 6.30. The standard InChI is InChI=1S/C23H31BN2O/c1-22(2,3)23(4,5)15-24(6)17-8-10-18(11-9-17)25-21-13-16-7-12-19(27)14-20(16)26-21/h7-12,14,27H,13,15H2,1-6H3,(H,25,26). The number of aliphatic imine (C=N–C) groups is 1. The lowest BCUT2D eigenvalue weighted by atomic mass is 9.39. The van der Waals surface area contributed by atoms with Crippen LogP contribution in [0.15, 0.2) is 47.5 Å². The number of phenols is 1. The summed E-state index contributed by atoms with van der Waals surface area (Å²) in [6, 6.07) is 14.1. The number of fused-ring (bicyclic) bond motifs is 1. The molecule has 0 amide bonds. The second kappa shape index (κ2) is 7.07. The van der Waals surface area contributed by atoms with E-state index in [1.807, 2.05) is 6.07 Å². The summed E-state index contributed by atoms with van der Waals surface area (Å²) in [5, 5.41) is 13.0. The summed E-state index contributed by atoms with van der Waals surface area (Å²) in [5.41, 5.74) is 4.99. The quantitative estimate of drug-likeness (QED) is 0.706. The van der Waals surface area contributed by atoms with Gasteiger partial charge >= 0.3 is 0 Å². The van der Waals surface area contributed by atoms with Crippen LogP contribution >= 0.6 is 0 Å². The minimum atomic E-state index is 0.260. The molecule has 1 aliphatic rings. The lowest BCUT2D eigenvalue weighted by Gasteiger charge is -2.40. The number of nitrogens with zero attached hydrogens (tertiary/aromatic N) is 1. The van der Waals surface area contributed by atoms with Gasteiger partial charge in [-0.2, -0.15) is 0 Å². The van der Waals surface area contributed by atoms with Crippen molar-refractivity contribution in [3.8, 4) is 5.75 Å². The topological polar surface area (TPSA) is 44.6 Å². The lowest BCUT2D eigenvalue weighted by Crippen LogP contribution is -2.38. The molecule has 0 spiro atoms. The number of anilines is 1. The Hall–Kier alpha value is -2.23. The fraction of sp³-hybridized carbons (Fsp3) is 0.435. The second-order valence-corrected chi connectivity index (χ2v) is 9.53. The van der Waals surface area contributed by atoms with Crippen LogP contribution in [0.2, 0.25) is 13.1 Å². The number of benzene rings is 2. The van der Waals surface area contributed by atoms with E-state index in [1.54, 1.807) is 12.1 Å². The third kappa shape index (κ3) is 4.37. The van der Waals surface area contributed by atoms with Crippen molar-refractivity contribution in [1.29, 1.82) is 0 Å². The van der Waals surface area contributed by atoms with Crippen LogP contribution in [0.25, 0.3) is 0 Å². The summed E-state index contributed by atoms with van der Waals surface area (Å²) in [6.45, 7) is 14.6. The highest BCUT2D eigenvalue weighted by Crippen LogP contribution is 2.42. The van der Waals surface area contributed by atoms with Gasteiger partial charge in [0.25, 0.3) is 0 Å². The molecule has 4 heteroatoms. The molecule has 2 aromatic carbocycles. The van der Waals surface area contributed by atoms with Crippen molar-refractivity contribution in [2.24, 2.45) is 15.8 Å². The molecule has 0 aliphatic carbocycles. The van der Waals surface area contributed by atoms with Gasteiger partial charge in [-0.15, -0.1) is 0 Å². The van der Waals surface area contributed by atoms with Crippen LogP contribution in [0.1, 0.15) is 40.2 Å². The first-order valence-corrected chi connectivity index (χ1v) is 9.82. The minimum Gasteiger partial charge on any atom is -0.508 e. The lowest BCUT2D eigenvalue weighted by molar-refractivity contribution is 0.156. The molecule has 0 saturated heterocycles. The Balaban J connectivity index is 1.65. The van der Waals surface area contributed by atoms with Crippen LogP contribution < -0.4 is 10.8 Å². The number of amidine groups is 1. The fourth-order valence-electron chi connectivity index (χ4n) is 3.49. The summed E-state index contributed by atoms with van der Waals surface area (Å²) < 4.78 is 0. The molecule has 0 fully saturated rings. The van der Waals surface area contributed by atoms with Crippen molar-refractivity contribution in [1.82, 2.24) is 0 Å². The van der Waals surface area contributed by atoms with Gasteiger partial charge in [-0.25, -0.2) is 4.99 Å². The Morgan fingerprint density at radius 2 is 1.70 bits per heavy atom. The molecule has 2 aromatic rings. The van der Waals surface area contributed by atoms with Gasteiger partial charge in [-0.1, -0.05) is 71.4 Å². The summed E-state index contributed by atoms with van der Waals surface area (Å²) in [7, 11) is 0. The Morgan fingerprint density at radius 3 is 2.33 bits per heavy atom. The molecule has 27 heavy (non-hydrogen) atoms. The van der Waals surface area contributed by atoms with E-state index >= 15 is 0 Å². The maximum Gasteiger partial charge on any atom is 0.173 e. The predicted octanol–water partition coefficient (Wildman–Crippen LogP) is 5.49. The first-order valence-electron chi connectivity index (χ1n) is 9.82. The van der Waals surface area contributed by atoms with Crippen LogP contribution in [0.3, 0.4) is 0 Å². The van der Waals surface area contributed by atoms with Crippen molar-refractivity contribution < 1.29 is 5.11 Å². The molecular weight excluding hydrogens is 331 g/mol. The largest absolute Gasteiger partial charge is 0.508 e. The SMILES string of the molecule is CB(CC(C)(C)C(C)(C)C)c1ccc(NC2=Nc3cc(O)ccc3C2)cc1. The number of rotatable bonds is 4. The van der Waals surface area contributed by atoms with Gasteiger partial charge in [0.1, 0.15) is 11.6 Å². The van der Waals surface area contributed by atoms with E-state index in [0.717, 1.165) is 35.5 Å². The van der Waals surface area contributed by atoms with Gasteiger partial charge in [-0.3, -0.25) is 0 Å². The minimum absolute atomic E-state index is 0.260. The third-order valence-electron chi connectivity index (χ3n) is 6.30. The zero-order chi connectivity index (χ0) is 19.8. The highest BCUT2D eigenvalue weighted by atomic mass is 16.3. The second-order valence-electron chi connectivity index (χ2n) is 9.53. The Bertz CT molecular complexity index is 848. The molecule has 0 aromatic heterocycles. The number of hydrogen-bond acceptors (Lipinski definition) is 3. The van der Waals surface area contributed by atoms with E-state index in [0.29, 0.717) is 6.71 Å². The molecule has 142 valence electrons. The van der Waals surface area contributed by atoms with Crippen molar-refractivity contribution in [2.75, 3.05) is 5.32 Å². The van der Waals surface area contributed by atoms with Gasteiger partial charge in [0.2, 0.25) is 0 Å². The molecule has 0 saturated carbocycles. The average Bonchev–Trinajstić information content (AvgIpc) is 2.95. The van der Waals surface area contributed by atoms with Gasteiger partial charge in [0.05, 0.1) is 5.69 Å². The first-order chi connectivity index (χ1) is 12.5. The highest BCUT2D eigenvalue weighted by Gasteiger charge is 2.34. The Morgan fingerprint density at radius 1 is 1.04 bits per heavy atom. The summed E-state index contributed by atoms with van der Waals surface area (Å²) in [5.74, 6) is 1.18. The van der Waals surface area contributed by atoms with Crippen molar-refractivity contribution in [3.05, 3.63) is 48.0 Å². The van der Waals surface area contributed by atoms with Crippen LogP contribution in [0, 0.1) is 10.8 Å². The van der Waals surface area contributed by atoms with Crippen LogP contribution in [0.5, 0.6) is 5.75 Å². The van der Waals surface area contributed by atoms with Crippen molar-refractivity contribution >= 4 is 29.4 Å².